The fourth-order valence-electron chi connectivity index (χ4n) is 1.86. The van der Waals surface area contributed by atoms with Crippen molar-refractivity contribution in [2.75, 3.05) is 13.3 Å². The van der Waals surface area contributed by atoms with Crippen molar-refractivity contribution in [3.63, 3.8) is 0 Å². The number of carbonyl (C=O) groups is 1. The van der Waals surface area contributed by atoms with Crippen molar-refractivity contribution in [3.05, 3.63) is 22.2 Å². The maximum atomic E-state index is 11.0. The molecule has 1 aromatic carbocycles. The first kappa shape index (κ1) is 15.1. The van der Waals surface area contributed by atoms with Gasteiger partial charge in [-0.1, -0.05) is 0 Å². The molecule has 110 valence electrons. The Morgan fingerprint density at radius 1 is 1.45 bits per heavy atom. The first-order valence-electron chi connectivity index (χ1n) is 6.42. The van der Waals surface area contributed by atoms with Crippen molar-refractivity contribution in [1.29, 1.82) is 0 Å². The van der Waals surface area contributed by atoms with Gasteiger partial charge >= 0.3 is 5.97 Å². The summed E-state index contributed by atoms with van der Waals surface area (Å²) in [5.41, 5.74) is 0.358. The molecule has 0 saturated carbocycles. The van der Waals surface area contributed by atoms with Gasteiger partial charge in [0.15, 0.2) is 11.5 Å². The average molecular weight is 344 g/mol. The Kier molecular flexibility index (Phi) is 4.55. The lowest BCUT2D eigenvalue weighted by Crippen LogP contribution is -2.28. The first-order valence-corrected chi connectivity index (χ1v) is 7.21. The van der Waals surface area contributed by atoms with Gasteiger partial charge in [0.2, 0.25) is 6.79 Å². The van der Waals surface area contributed by atoms with E-state index in [1.54, 1.807) is 13.8 Å². The molecule has 1 aromatic rings. The number of rotatable bonds is 6. The van der Waals surface area contributed by atoms with Gasteiger partial charge in [0, 0.05) is 6.54 Å². The topological polar surface area (TPSA) is 67.8 Å². The highest BCUT2D eigenvalue weighted by molar-refractivity contribution is 9.10. The minimum atomic E-state index is -0.773. The molecule has 0 saturated heterocycles. The van der Waals surface area contributed by atoms with E-state index in [2.05, 4.69) is 21.2 Å². The molecule has 2 rings (SSSR count). The highest BCUT2D eigenvalue weighted by Gasteiger charge is 2.26. The van der Waals surface area contributed by atoms with Gasteiger partial charge in [-0.05, 0) is 60.4 Å². The zero-order valence-corrected chi connectivity index (χ0v) is 13.1. The van der Waals surface area contributed by atoms with Gasteiger partial charge in [-0.15, -0.1) is 0 Å². The normalized spacial score (nSPS) is 13.6. The summed E-state index contributed by atoms with van der Waals surface area (Å²) in [6, 6.07) is 3.91. The summed E-state index contributed by atoms with van der Waals surface area (Å²) in [5.74, 6) is 0.702. The Labute approximate surface area is 126 Å². The van der Waals surface area contributed by atoms with Crippen molar-refractivity contribution in [3.8, 4) is 11.5 Å². The minimum Gasteiger partial charge on any atom is -0.481 e. The maximum absolute atomic E-state index is 11.0. The molecular weight excluding hydrogens is 326 g/mol. The van der Waals surface area contributed by atoms with E-state index in [-0.39, 0.29) is 6.79 Å². The summed E-state index contributed by atoms with van der Waals surface area (Å²) in [6.45, 7) is 5.01. The standard InChI is InChI=1S/C14H18BrNO4/c1-14(2,13(17)18)3-4-16-7-9-5-10(15)12-11(6-9)19-8-20-12/h5-6,16H,3-4,7-8H2,1-2H3,(H,17,18). The molecule has 0 aliphatic carbocycles. The molecule has 6 heteroatoms. The molecule has 5 nitrogen and oxygen atoms in total. The molecule has 0 atom stereocenters. The Morgan fingerprint density at radius 2 is 2.20 bits per heavy atom. The second-order valence-corrected chi connectivity index (χ2v) is 6.28. The lowest BCUT2D eigenvalue weighted by molar-refractivity contribution is -0.147. The number of ether oxygens (including phenoxy) is 2. The SMILES string of the molecule is CC(C)(CCNCc1cc(Br)c2c(c1)OCO2)C(=O)O. The van der Waals surface area contributed by atoms with Crippen LogP contribution in [0.15, 0.2) is 16.6 Å². The van der Waals surface area contributed by atoms with E-state index >= 15 is 0 Å². The van der Waals surface area contributed by atoms with Gasteiger partial charge in [-0.25, -0.2) is 0 Å². The third kappa shape index (κ3) is 3.43. The quantitative estimate of drug-likeness (QED) is 0.777. The highest BCUT2D eigenvalue weighted by atomic mass is 79.9. The highest BCUT2D eigenvalue weighted by Crippen LogP contribution is 2.39. The summed E-state index contributed by atoms with van der Waals surface area (Å²) >= 11 is 3.45. The predicted molar refractivity (Wildman–Crippen MR) is 78.0 cm³/mol. The molecule has 0 radical (unpaired) electrons. The summed E-state index contributed by atoms with van der Waals surface area (Å²) < 4.78 is 11.6. The molecule has 0 spiro atoms. The van der Waals surface area contributed by atoms with Gasteiger partial charge in [-0.2, -0.15) is 0 Å². The van der Waals surface area contributed by atoms with Crippen LogP contribution < -0.4 is 14.8 Å². The third-order valence-electron chi connectivity index (χ3n) is 3.32. The number of carboxylic acids is 1. The lowest BCUT2D eigenvalue weighted by Gasteiger charge is -2.19. The molecule has 1 heterocycles. The van der Waals surface area contributed by atoms with Crippen LogP contribution >= 0.6 is 15.9 Å². The molecule has 2 N–H and O–H groups in total. The van der Waals surface area contributed by atoms with Crippen LogP contribution in [0, 0.1) is 5.41 Å². The van der Waals surface area contributed by atoms with Crippen LogP contribution in [0.1, 0.15) is 25.8 Å². The van der Waals surface area contributed by atoms with E-state index in [4.69, 9.17) is 14.6 Å². The molecule has 0 unspecified atom stereocenters. The van der Waals surface area contributed by atoms with E-state index < -0.39 is 11.4 Å². The van der Waals surface area contributed by atoms with Crippen molar-refractivity contribution < 1.29 is 19.4 Å². The fourth-order valence-corrected chi connectivity index (χ4v) is 2.47. The number of fused-ring (bicyclic) bond motifs is 1. The Morgan fingerprint density at radius 3 is 2.90 bits per heavy atom. The van der Waals surface area contributed by atoms with Gasteiger partial charge < -0.3 is 19.9 Å². The monoisotopic (exact) mass is 343 g/mol. The Bertz CT molecular complexity index is 516. The summed E-state index contributed by atoms with van der Waals surface area (Å²) in [6.07, 6.45) is 0.577. The molecule has 0 fully saturated rings. The average Bonchev–Trinajstić information content (AvgIpc) is 2.83. The van der Waals surface area contributed by atoms with Crippen molar-refractivity contribution in [2.24, 2.45) is 5.41 Å². The molecule has 1 aliphatic rings. The van der Waals surface area contributed by atoms with Gasteiger partial charge in [0.1, 0.15) is 0 Å². The fraction of sp³-hybridized carbons (Fsp3) is 0.500. The summed E-state index contributed by atoms with van der Waals surface area (Å²) in [5, 5.41) is 12.3. The van der Waals surface area contributed by atoms with Gasteiger partial charge in [-0.3, -0.25) is 4.79 Å². The van der Waals surface area contributed by atoms with Crippen LogP contribution in [0.5, 0.6) is 11.5 Å². The van der Waals surface area contributed by atoms with E-state index in [0.29, 0.717) is 19.5 Å². The van der Waals surface area contributed by atoms with Crippen LogP contribution in [0.2, 0.25) is 0 Å². The minimum absolute atomic E-state index is 0.248. The molecule has 20 heavy (non-hydrogen) atoms. The Balaban J connectivity index is 1.86. The zero-order chi connectivity index (χ0) is 14.8. The molecule has 0 bridgehead atoms. The molecule has 1 aliphatic heterocycles. The van der Waals surface area contributed by atoms with Crippen LogP contribution in [-0.2, 0) is 11.3 Å². The largest absolute Gasteiger partial charge is 0.481 e. The summed E-state index contributed by atoms with van der Waals surface area (Å²) in [4.78, 5) is 11.0. The lowest BCUT2D eigenvalue weighted by atomic mass is 9.90. The number of hydrogen-bond donors (Lipinski definition) is 2. The maximum Gasteiger partial charge on any atom is 0.309 e. The number of aliphatic carboxylic acids is 1. The van der Waals surface area contributed by atoms with Crippen LogP contribution in [0.25, 0.3) is 0 Å². The second-order valence-electron chi connectivity index (χ2n) is 5.43. The van der Waals surface area contributed by atoms with Crippen LogP contribution in [0.3, 0.4) is 0 Å². The van der Waals surface area contributed by atoms with Crippen molar-refractivity contribution >= 4 is 21.9 Å². The van der Waals surface area contributed by atoms with Gasteiger partial charge in [0.25, 0.3) is 0 Å². The molecule has 0 aromatic heterocycles. The number of hydrogen-bond acceptors (Lipinski definition) is 4. The van der Waals surface area contributed by atoms with E-state index in [9.17, 15) is 4.79 Å². The van der Waals surface area contributed by atoms with Gasteiger partial charge in [0.05, 0.1) is 9.89 Å². The Hall–Kier alpha value is -1.27. The molecular formula is C14H18BrNO4. The summed E-state index contributed by atoms with van der Waals surface area (Å²) in [7, 11) is 0. The number of halogens is 1. The number of nitrogens with one attached hydrogen (secondary N) is 1. The van der Waals surface area contributed by atoms with E-state index in [1.807, 2.05) is 12.1 Å². The van der Waals surface area contributed by atoms with Crippen molar-refractivity contribution in [1.82, 2.24) is 5.32 Å². The van der Waals surface area contributed by atoms with E-state index in [1.165, 1.54) is 0 Å². The number of benzene rings is 1. The first-order chi connectivity index (χ1) is 9.40. The van der Waals surface area contributed by atoms with Crippen LogP contribution in [-0.4, -0.2) is 24.4 Å². The number of carboxylic acid groups (broad SMARTS) is 1. The zero-order valence-electron chi connectivity index (χ0n) is 11.5. The van der Waals surface area contributed by atoms with Crippen LogP contribution in [0.4, 0.5) is 0 Å². The van der Waals surface area contributed by atoms with Crippen molar-refractivity contribution in [2.45, 2.75) is 26.8 Å². The smallest absolute Gasteiger partial charge is 0.309 e. The second kappa shape index (κ2) is 6.01. The molecule has 0 amide bonds. The third-order valence-corrected chi connectivity index (χ3v) is 3.91. The predicted octanol–water partition coefficient (Wildman–Crippen LogP) is 2.77. The van der Waals surface area contributed by atoms with E-state index in [0.717, 1.165) is 21.5 Å².